The van der Waals surface area contributed by atoms with E-state index in [-0.39, 0.29) is 11.7 Å². The minimum atomic E-state index is -0.953. The third-order valence-corrected chi connectivity index (χ3v) is 3.54. The molecule has 0 amide bonds. The van der Waals surface area contributed by atoms with Crippen LogP contribution in [0.15, 0.2) is 24.3 Å². The number of hydrogen-bond acceptors (Lipinski definition) is 3. The molecule has 18 heavy (non-hydrogen) atoms. The summed E-state index contributed by atoms with van der Waals surface area (Å²) in [6.45, 7) is 0.597. The molecule has 3 N–H and O–H groups in total. The number of carbonyl (C=O) groups is 1. The standard InChI is InChI=1S/C14H19NO3/c15-9-10-5-1-3-7-12(10)18-13-8-4-2-6-11(13)14(16)17/h2,4,6,8,10,12H,1,3,5,7,9,15H2,(H,16,17). The molecule has 0 saturated heterocycles. The van der Waals surface area contributed by atoms with Crippen LogP contribution < -0.4 is 10.5 Å². The van der Waals surface area contributed by atoms with Gasteiger partial charge in [-0.2, -0.15) is 0 Å². The molecule has 4 nitrogen and oxygen atoms in total. The SMILES string of the molecule is NCC1CCCCC1Oc1ccccc1C(=O)O. The highest BCUT2D eigenvalue weighted by Gasteiger charge is 2.26. The Balaban J connectivity index is 2.15. The lowest BCUT2D eigenvalue weighted by Crippen LogP contribution is -2.35. The van der Waals surface area contributed by atoms with Crippen molar-refractivity contribution in [2.24, 2.45) is 11.7 Å². The maximum Gasteiger partial charge on any atom is 0.339 e. The summed E-state index contributed by atoms with van der Waals surface area (Å²) in [6, 6.07) is 6.78. The van der Waals surface area contributed by atoms with Crippen LogP contribution in [0.1, 0.15) is 36.0 Å². The van der Waals surface area contributed by atoms with Crippen molar-refractivity contribution < 1.29 is 14.6 Å². The predicted molar refractivity (Wildman–Crippen MR) is 68.8 cm³/mol. The molecule has 1 aliphatic carbocycles. The quantitative estimate of drug-likeness (QED) is 0.858. The molecule has 0 heterocycles. The average Bonchev–Trinajstić information content (AvgIpc) is 2.40. The molecule has 2 atom stereocenters. The number of carboxylic acids is 1. The van der Waals surface area contributed by atoms with Crippen LogP contribution in [0.5, 0.6) is 5.75 Å². The van der Waals surface area contributed by atoms with Crippen LogP contribution in [0.3, 0.4) is 0 Å². The zero-order valence-corrected chi connectivity index (χ0v) is 10.3. The number of para-hydroxylation sites is 1. The van der Waals surface area contributed by atoms with Crippen molar-refractivity contribution in [3.63, 3.8) is 0 Å². The molecule has 1 fully saturated rings. The molecule has 98 valence electrons. The molecule has 0 aliphatic heterocycles. The molecule has 0 radical (unpaired) electrons. The van der Waals surface area contributed by atoms with Gasteiger partial charge in [-0.15, -0.1) is 0 Å². The molecule has 0 bridgehead atoms. The van der Waals surface area contributed by atoms with Gasteiger partial charge < -0.3 is 15.6 Å². The number of ether oxygens (including phenoxy) is 1. The van der Waals surface area contributed by atoms with Crippen molar-refractivity contribution in [3.8, 4) is 5.75 Å². The number of rotatable bonds is 4. The monoisotopic (exact) mass is 249 g/mol. The second kappa shape index (κ2) is 5.87. The summed E-state index contributed by atoms with van der Waals surface area (Å²) in [5.74, 6) is -0.165. The van der Waals surface area contributed by atoms with Gasteiger partial charge in [-0.25, -0.2) is 4.79 Å². The molecule has 1 aromatic rings. The molecule has 1 aliphatic rings. The van der Waals surface area contributed by atoms with Gasteiger partial charge in [0.15, 0.2) is 0 Å². The van der Waals surface area contributed by atoms with Crippen molar-refractivity contribution in [1.82, 2.24) is 0 Å². The summed E-state index contributed by atoms with van der Waals surface area (Å²) in [4.78, 5) is 11.1. The first-order valence-corrected chi connectivity index (χ1v) is 6.41. The van der Waals surface area contributed by atoms with E-state index in [0.717, 1.165) is 19.3 Å². The van der Waals surface area contributed by atoms with Gasteiger partial charge in [-0.05, 0) is 37.9 Å². The first kappa shape index (κ1) is 12.9. The summed E-state index contributed by atoms with van der Waals surface area (Å²) in [6.07, 6.45) is 4.37. The fourth-order valence-electron chi connectivity index (χ4n) is 2.51. The van der Waals surface area contributed by atoms with Gasteiger partial charge in [0.25, 0.3) is 0 Å². The van der Waals surface area contributed by atoms with E-state index in [0.29, 0.717) is 18.2 Å². The van der Waals surface area contributed by atoms with Crippen LogP contribution in [-0.4, -0.2) is 23.7 Å². The number of carboxylic acid groups (broad SMARTS) is 1. The van der Waals surface area contributed by atoms with Crippen LogP contribution in [0.2, 0.25) is 0 Å². The molecular weight excluding hydrogens is 230 g/mol. The largest absolute Gasteiger partial charge is 0.489 e. The second-order valence-corrected chi connectivity index (χ2v) is 4.74. The summed E-state index contributed by atoms with van der Waals surface area (Å²) < 4.78 is 5.89. The minimum absolute atomic E-state index is 0.0456. The second-order valence-electron chi connectivity index (χ2n) is 4.74. The van der Waals surface area contributed by atoms with E-state index in [1.807, 2.05) is 0 Å². The zero-order chi connectivity index (χ0) is 13.0. The molecule has 0 aromatic heterocycles. The average molecular weight is 249 g/mol. The van der Waals surface area contributed by atoms with Crippen molar-refractivity contribution in [2.75, 3.05) is 6.54 Å². The number of nitrogens with two attached hydrogens (primary N) is 1. The van der Waals surface area contributed by atoms with E-state index in [1.165, 1.54) is 6.42 Å². The van der Waals surface area contributed by atoms with Crippen LogP contribution in [0.4, 0.5) is 0 Å². The van der Waals surface area contributed by atoms with E-state index in [2.05, 4.69) is 0 Å². The van der Waals surface area contributed by atoms with E-state index < -0.39 is 5.97 Å². The Bertz CT molecular complexity index is 419. The topological polar surface area (TPSA) is 72.5 Å². The van der Waals surface area contributed by atoms with Gasteiger partial charge in [0.2, 0.25) is 0 Å². The first-order valence-electron chi connectivity index (χ1n) is 6.41. The fourth-order valence-corrected chi connectivity index (χ4v) is 2.51. The lowest BCUT2D eigenvalue weighted by molar-refractivity contribution is 0.0670. The molecule has 0 spiro atoms. The molecular formula is C14H19NO3. The summed E-state index contributed by atoms with van der Waals surface area (Å²) in [5.41, 5.74) is 5.97. The van der Waals surface area contributed by atoms with Crippen LogP contribution in [-0.2, 0) is 0 Å². The fraction of sp³-hybridized carbons (Fsp3) is 0.500. The van der Waals surface area contributed by atoms with Gasteiger partial charge in [0.1, 0.15) is 17.4 Å². The van der Waals surface area contributed by atoms with Crippen LogP contribution in [0, 0.1) is 5.92 Å². The molecule has 1 saturated carbocycles. The van der Waals surface area contributed by atoms with E-state index >= 15 is 0 Å². The van der Waals surface area contributed by atoms with Gasteiger partial charge >= 0.3 is 5.97 Å². The summed E-state index contributed by atoms with van der Waals surface area (Å²) >= 11 is 0. The third-order valence-electron chi connectivity index (χ3n) is 3.54. The Labute approximate surface area is 107 Å². The maximum atomic E-state index is 11.1. The Morgan fingerprint density at radius 1 is 1.33 bits per heavy atom. The summed E-state index contributed by atoms with van der Waals surface area (Å²) in [7, 11) is 0. The van der Waals surface area contributed by atoms with Gasteiger partial charge in [-0.3, -0.25) is 0 Å². The van der Waals surface area contributed by atoms with Gasteiger partial charge in [0.05, 0.1) is 0 Å². The number of hydrogen-bond donors (Lipinski definition) is 2. The van der Waals surface area contributed by atoms with E-state index in [9.17, 15) is 4.79 Å². The highest BCUT2D eigenvalue weighted by Crippen LogP contribution is 2.29. The molecule has 2 rings (SSSR count). The maximum absolute atomic E-state index is 11.1. The lowest BCUT2D eigenvalue weighted by atomic mass is 9.86. The Kier molecular flexibility index (Phi) is 4.20. The highest BCUT2D eigenvalue weighted by atomic mass is 16.5. The predicted octanol–water partition coefficient (Wildman–Crippen LogP) is 2.28. The third kappa shape index (κ3) is 2.82. The Morgan fingerprint density at radius 3 is 2.78 bits per heavy atom. The van der Waals surface area contributed by atoms with Crippen molar-refractivity contribution in [2.45, 2.75) is 31.8 Å². The van der Waals surface area contributed by atoms with Gasteiger partial charge in [0, 0.05) is 5.92 Å². The van der Waals surface area contributed by atoms with Crippen LogP contribution >= 0.6 is 0 Å². The number of aromatic carboxylic acids is 1. The van der Waals surface area contributed by atoms with Crippen molar-refractivity contribution in [1.29, 1.82) is 0 Å². The Morgan fingerprint density at radius 2 is 2.06 bits per heavy atom. The van der Waals surface area contributed by atoms with Crippen molar-refractivity contribution in [3.05, 3.63) is 29.8 Å². The normalized spacial score (nSPS) is 23.6. The van der Waals surface area contributed by atoms with E-state index in [1.54, 1.807) is 24.3 Å². The first-order chi connectivity index (χ1) is 8.72. The smallest absolute Gasteiger partial charge is 0.339 e. The van der Waals surface area contributed by atoms with Gasteiger partial charge in [-0.1, -0.05) is 18.6 Å². The zero-order valence-electron chi connectivity index (χ0n) is 10.3. The number of benzene rings is 1. The summed E-state index contributed by atoms with van der Waals surface area (Å²) in [5, 5.41) is 9.11. The molecule has 4 heteroatoms. The lowest BCUT2D eigenvalue weighted by Gasteiger charge is -2.31. The molecule has 1 aromatic carbocycles. The minimum Gasteiger partial charge on any atom is -0.489 e. The van der Waals surface area contributed by atoms with E-state index in [4.69, 9.17) is 15.6 Å². The van der Waals surface area contributed by atoms with Crippen LogP contribution in [0.25, 0.3) is 0 Å². The highest BCUT2D eigenvalue weighted by molar-refractivity contribution is 5.90. The van der Waals surface area contributed by atoms with Crippen molar-refractivity contribution >= 4 is 5.97 Å². The Hall–Kier alpha value is -1.55. The molecule has 2 unspecified atom stereocenters.